The molecular formula is C9H16N4O3. The van der Waals surface area contributed by atoms with Crippen molar-refractivity contribution in [1.29, 1.82) is 0 Å². The Bertz CT molecular complexity index is 364. The van der Waals surface area contributed by atoms with Gasteiger partial charge in [-0.2, -0.15) is 0 Å². The third-order valence-electron chi connectivity index (χ3n) is 2.20. The Balaban J connectivity index is 3.04. The molecule has 0 aliphatic rings. The number of carboxylic acid groups (broad SMARTS) is 1. The van der Waals surface area contributed by atoms with E-state index in [1.165, 1.54) is 0 Å². The molecule has 0 amide bonds. The first kappa shape index (κ1) is 12.6. The molecule has 0 aromatic carbocycles. The van der Waals surface area contributed by atoms with Crippen LogP contribution in [0.1, 0.15) is 29.1 Å². The van der Waals surface area contributed by atoms with Gasteiger partial charge in [-0.05, 0) is 13.5 Å². The molecule has 1 atom stereocenters. The van der Waals surface area contributed by atoms with Crippen LogP contribution < -0.4 is 5.73 Å². The highest BCUT2D eigenvalue weighted by atomic mass is 16.5. The maximum atomic E-state index is 10.9. The highest BCUT2D eigenvalue weighted by molar-refractivity contribution is 5.86. The number of carboxylic acids is 1. The minimum Gasteiger partial charge on any atom is -0.476 e. The molecule has 1 aromatic heterocycles. The first-order valence-electron chi connectivity index (χ1n) is 4.98. The van der Waals surface area contributed by atoms with Crippen LogP contribution in [0.15, 0.2) is 0 Å². The van der Waals surface area contributed by atoms with Crippen molar-refractivity contribution < 1.29 is 14.6 Å². The number of aromatic nitrogens is 3. The smallest absolute Gasteiger partial charge is 0.358 e. The number of nitrogens with two attached hydrogens (primary N) is 1. The van der Waals surface area contributed by atoms with Crippen molar-refractivity contribution in [2.75, 3.05) is 20.3 Å². The highest BCUT2D eigenvalue weighted by Crippen LogP contribution is 2.12. The fourth-order valence-corrected chi connectivity index (χ4v) is 1.51. The number of aromatic carboxylic acids is 1. The van der Waals surface area contributed by atoms with E-state index in [2.05, 4.69) is 10.3 Å². The van der Waals surface area contributed by atoms with Crippen molar-refractivity contribution in [1.82, 2.24) is 15.0 Å². The Labute approximate surface area is 93.2 Å². The number of hydrogen-bond donors (Lipinski definition) is 2. The average molecular weight is 228 g/mol. The molecular weight excluding hydrogens is 212 g/mol. The van der Waals surface area contributed by atoms with Crippen LogP contribution in [-0.2, 0) is 11.2 Å². The van der Waals surface area contributed by atoms with Crippen molar-refractivity contribution in [3.05, 3.63) is 11.4 Å². The second kappa shape index (κ2) is 5.57. The molecule has 16 heavy (non-hydrogen) atoms. The van der Waals surface area contributed by atoms with Crippen LogP contribution in [0.2, 0.25) is 0 Å². The van der Waals surface area contributed by atoms with E-state index in [1.807, 2.05) is 6.92 Å². The summed E-state index contributed by atoms with van der Waals surface area (Å²) in [6.07, 6.45) is 0.433. The van der Waals surface area contributed by atoms with Crippen molar-refractivity contribution in [2.24, 2.45) is 5.73 Å². The molecule has 0 saturated carbocycles. The standard InChI is InChI=1S/C9H16N4O3/c1-6(5-16-2)13-7(3-4-10)8(9(14)15)11-12-13/h6H,3-5,10H2,1-2H3,(H,14,15). The third kappa shape index (κ3) is 2.56. The van der Waals surface area contributed by atoms with Crippen molar-refractivity contribution >= 4 is 5.97 Å². The molecule has 7 heteroatoms. The van der Waals surface area contributed by atoms with E-state index >= 15 is 0 Å². The summed E-state index contributed by atoms with van der Waals surface area (Å²) in [5.41, 5.74) is 5.95. The number of methoxy groups -OCH3 is 1. The van der Waals surface area contributed by atoms with Crippen LogP contribution in [0.4, 0.5) is 0 Å². The Morgan fingerprint density at radius 3 is 2.88 bits per heavy atom. The Morgan fingerprint density at radius 1 is 1.69 bits per heavy atom. The SMILES string of the molecule is COCC(C)n1nnc(C(=O)O)c1CCN. The summed E-state index contributed by atoms with van der Waals surface area (Å²) in [6, 6.07) is -0.0628. The van der Waals surface area contributed by atoms with Crippen LogP contribution in [-0.4, -0.2) is 46.3 Å². The minimum atomic E-state index is -1.08. The summed E-state index contributed by atoms with van der Waals surface area (Å²) in [5, 5.41) is 16.4. The monoisotopic (exact) mass is 228 g/mol. The molecule has 0 saturated heterocycles. The molecule has 7 nitrogen and oxygen atoms in total. The Hall–Kier alpha value is -1.47. The third-order valence-corrected chi connectivity index (χ3v) is 2.20. The van der Waals surface area contributed by atoms with Crippen molar-refractivity contribution in [2.45, 2.75) is 19.4 Å². The van der Waals surface area contributed by atoms with Gasteiger partial charge >= 0.3 is 5.97 Å². The minimum absolute atomic E-state index is 0.0339. The molecule has 3 N–H and O–H groups in total. The van der Waals surface area contributed by atoms with E-state index in [9.17, 15) is 4.79 Å². The maximum absolute atomic E-state index is 10.9. The van der Waals surface area contributed by atoms with Gasteiger partial charge in [0.05, 0.1) is 18.3 Å². The normalized spacial score (nSPS) is 12.7. The summed E-state index contributed by atoms with van der Waals surface area (Å²) in [6.45, 7) is 2.68. The Morgan fingerprint density at radius 2 is 2.38 bits per heavy atom. The second-order valence-electron chi connectivity index (χ2n) is 3.48. The Kier molecular flexibility index (Phi) is 4.39. The lowest BCUT2D eigenvalue weighted by Gasteiger charge is -2.13. The molecule has 90 valence electrons. The predicted octanol–water partition coefficient (Wildman–Crippen LogP) is -0.315. The highest BCUT2D eigenvalue weighted by Gasteiger charge is 2.20. The zero-order valence-corrected chi connectivity index (χ0v) is 9.38. The molecule has 0 aliphatic carbocycles. The number of rotatable bonds is 6. The molecule has 0 bridgehead atoms. The zero-order chi connectivity index (χ0) is 12.1. The quantitative estimate of drug-likeness (QED) is 0.692. The molecule has 0 fully saturated rings. The van der Waals surface area contributed by atoms with Gasteiger partial charge in [0.2, 0.25) is 0 Å². The molecule has 1 aromatic rings. The molecule has 1 rings (SSSR count). The molecule has 1 unspecified atom stereocenters. The first-order valence-corrected chi connectivity index (χ1v) is 4.98. The van der Waals surface area contributed by atoms with Gasteiger partial charge in [0.1, 0.15) is 0 Å². The number of hydrogen-bond acceptors (Lipinski definition) is 5. The first-order chi connectivity index (χ1) is 7.61. The fraction of sp³-hybridized carbons (Fsp3) is 0.667. The van der Waals surface area contributed by atoms with Crippen LogP contribution >= 0.6 is 0 Å². The van der Waals surface area contributed by atoms with Crippen LogP contribution in [0.3, 0.4) is 0 Å². The second-order valence-corrected chi connectivity index (χ2v) is 3.48. The van der Waals surface area contributed by atoms with Gasteiger partial charge in [-0.3, -0.25) is 0 Å². The molecule has 0 spiro atoms. The van der Waals surface area contributed by atoms with Crippen LogP contribution in [0.25, 0.3) is 0 Å². The summed E-state index contributed by atoms with van der Waals surface area (Å²) in [7, 11) is 1.58. The topological polar surface area (TPSA) is 103 Å². The summed E-state index contributed by atoms with van der Waals surface area (Å²) in [4.78, 5) is 10.9. The number of ether oxygens (including phenoxy) is 1. The van der Waals surface area contributed by atoms with Gasteiger partial charge in [0.25, 0.3) is 0 Å². The lowest BCUT2D eigenvalue weighted by molar-refractivity contribution is 0.0689. The van der Waals surface area contributed by atoms with Crippen LogP contribution in [0, 0.1) is 0 Å². The van der Waals surface area contributed by atoms with Gasteiger partial charge in [-0.25, -0.2) is 9.48 Å². The summed E-state index contributed by atoms with van der Waals surface area (Å²) >= 11 is 0. The number of carbonyl (C=O) groups is 1. The summed E-state index contributed by atoms with van der Waals surface area (Å²) < 4.78 is 6.55. The van der Waals surface area contributed by atoms with E-state index in [1.54, 1.807) is 11.8 Å². The largest absolute Gasteiger partial charge is 0.476 e. The average Bonchev–Trinajstić information content (AvgIpc) is 2.62. The molecule has 0 aliphatic heterocycles. The van der Waals surface area contributed by atoms with Gasteiger partial charge in [0.15, 0.2) is 5.69 Å². The predicted molar refractivity (Wildman–Crippen MR) is 56.3 cm³/mol. The summed E-state index contributed by atoms with van der Waals surface area (Å²) in [5.74, 6) is -1.08. The van der Waals surface area contributed by atoms with Gasteiger partial charge in [-0.15, -0.1) is 5.10 Å². The maximum Gasteiger partial charge on any atom is 0.358 e. The van der Waals surface area contributed by atoms with Gasteiger partial charge < -0.3 is 15.6 Å². The fourth-order valence-electron chi connectivity index (χ4n) is 1.51. The van der Waals surface area contributed by atoms with E-state index in [0.717, 1.165) is 0 Å². The van der Waals surface area contributed by atoms with Crippen molar-refractivity contribution in [3.63, 3.8) is 0 Å². The van der Waals surface area contributed by atoms with E-state index in [-0.39, 0.29) is 11.7 Å². The van der Waals surface area contributed by atoms with Crippen LogP contribution in [0.5, 0.6) is 0 Å². The van der Waals surface area contributed by atoms with Gasteiger partial charge in [-0.1, -0.05) is 5.21 Å². The number of nitrogens with zero attached hydrogens (tertiary/aromatic N) is 3. The van der Waals surface area contributed by atoms with E-state index in [4.69, 9.17) is 15.6 Å². The molecule has 0 radical (unpaired) electrons. The lowest BCUT2D eigenvalue weighted by Crippen LogP contribution is -2.18. The van der Waals surface area contributed by atoms with Crippen molar-refractivity contribution in [3.8, 4) is 0 Å². The molecule has 1 heterocycles. The van der Waals surface area contributed by atoms with E-state index < -0.39 is 5.97 Å². The zero-order valence-electron chi connectivity index (χ0n) is 9.38. The van der Waals surface area contributed by atoms with Gasteiger partial charge in [0, 0.05) is 13.5 Å². The lowest BCUT2D eigenvalue weighted by atomic mass is 10.2. The van der Waals surface area contributed by atoms with E-state index in [0.29, 0.717) is 25.3 Å².